The molecule has 0 bridgehead atoms. The van der Waals surface area contributed by atoms with Crippen molar-refractivity contribution in [3.05, 3.63) is 17.3 Å². The molecule has 4 nitrogen and oxygen atoms in total. The first-order valence-corrected chi connectivity index (χ1v) is 3.62. The number of rotatable bonds is 2. The van der Waals surface area contributed by atoms with Gasteiger partial charge in [-0.05, 0) is 0 Å². The van der Waals surface area contributed by atoms with E-state index in [1.54, 1.807) is 6.07 Å². The van der Waals surface area contributed by atoms with Gasteiger partial charge in [0.25, 0.3) is 6.43 Å². The standard InChI is InChI=1S/C8H7F2N3O/c1-14-5-3-13-8(12)4(2-11)6(5)7(9)10/h3,7H,1H3,(H2,12,13). The van der Waals surface area contributed by atoms with Crippen molar-refractivity contribution >= 4 is 5.82 Å². The van der Waals surface area contributed by atoms with Gasteiger partial charge in [-0.25, -0.2) is 13.8 Å². The molecule has 0 spiro atoms. The van der Waals surface area contributed by atoms with E-state index in [0.717, 1.165) is 6.20 Å². The first-order chi connectivity index (χ1) is 6.61. The van der Waals surface area contributed by atoms with Crippen LogP contribution in [-0.4, -0.2) is 12.1 Å². The molecule has 0 atom stereocenters. The summed E-state index contributed by atoms with van der Waals surface area (Å²) in [6, 6.07) is 1.57. The van der Waals surface area contributed by atoms with Crippen LogP contribution in [0.3, 0.4) is 0 Å². The van der Waals surface area contributed by atoms with Crippen LogP contribution in [0.15, 0.2) is 6.20 Å². The average Bonchev–Trinajstić information content (AvgIpc) is 2.17. The van der Waals surface area contributed by atoms with E-state index in [1.165, 1.54) is 7.11 Å². The maximum Gasteiger partial charge on any atom is 0.268 e. The van der Waals surface area contributed by atoms with Gasteiger partial charge in [-0.1, -0.05) is 0 Å². The van der Waals surface area contributed by atoms with E-state index in [4.69, 9.17) is 11.0 Å². The average molecular weight is 199 g/mol. The van der Waals surface area contributed by atoms with E-state index < -0.39 is 12.0 Å². The third-order valence-electron chi connectivity index (χ3n) is 1.66. The Kier molecular flexibility index (Phi) is 2.82. The van der Waals surface area contributed by atoms with Gasteiger partial charge in [0.05, 0.1) is 18.9 Å². The molecule has 1 rings (SSSR count). The topological polar surface area (TPSA) is 71.9 Å². The second kappa shape index (κ2) is 3.87. The van der Waals surface area contributed by atoms with Crippen LogP contribution in [0.5, 0.6) is 5.75 Å². The lowest BCUT2D eigenvalue weighted by Crippen LogP contribution is -2.03. The smallest absolute Gasteiger partial charge is 0.268 e. The van der Waals surface area contributed by atoms with E-state index in [-0.39, 0.29) is 17.1 Å². The lowest BCUT2D eigenvalue weighted by atomic mass is 10.1. The second-order valence-corrected chi connectivity index (χ2v) is 2.41. The molecule has 0 radical (unpaired) electrons. The molecule has 0 unspecified atom stereocenters. The maximum atomic E-state index is 12.5. The first kappa shape index (κ1) is 10.2. The summed E-state index contributed by atoms with van der Waals surface area (Å²) in [6.45, 7) is 0. The van der Waals surface area contributed by atoms with Gasteiger partial charge in [0, 0.05) is 0 Å². The minimum atomic E-state index is -2.81. The van der Waals surface area contributed by atoms with Gasteiger partial charge in [0.2, 0.25) is 0 Å². The van der Waals surface area contributed by atoms with Crippen LogP contribution >= 0.6 is 0 Å². The van der Waals surface area contributed by atoms with Crippen molar-refractivity contribution in [3.8, 4) is 11.8 Å². The van der Waals surface area contributed by atoms with E-state index in [2.05, 4.69) is 9.72 Å². The second-order valence-electron chi connectivity index (χ2n) is 2.41. The van der Waals surface area contributed by atoms with Gasteiger partial charge in [-0.3, -0.25) is 0 Å². The fourth-order valence-corrected chi connectivity index (χ4v) is 1.02. The van der Waals surface area contributed by atoms with Gasteiger partial charge < -0.3 is 10.5 Å². The minimum absolute atomic E-state index is 0.134. The fraction of sp³-hybridized carbons (Fsp3) is 0.250. The van der Waals surface area contributed by atoms with Gasteiger partial charge in [-0.2, -0.15) is 5.26 Å². The SMILES string of the molecule is COc1cnc(N)c(C#N)c1C(F)F. The number of alkyl halides is 2. The molecule has 2 N–H and O–H groups in total. The maximum absolute atomic E-state index is 12.5. The van der Waals surface area contributed by atoms with E-state index in [1.807, 2.05) is 0 Å². The number of nitrogens with zero attached hydrogens (tertiary/aromatic N) is 2. The zero-order valence-corrected chi connectivity index (χ0v) is 7.29. The Morgan fingerprint density at radius 1 is 1.64 bits per heavy atom. The molecule has 0 fully saturated rings. The fourth-order valence-electron chi connectivity index (χ4n) is 1.02. The van der Waals surface area contributed by atoms with Crippen molar-refractivity contribution in [1.29, 1.82) is 5.26 Å². The molecule has 0 aliphatic heterocycles. The van der Waals surface area contributed by atoms with Crippen molar-refractivity contribution in [2.45, 2.75) is 6.43 Å². The molecule has 1 aromatic rings. The van der Waals surface area contributed by atoms with E-state index in [0.29, 0.717) is 0 Å². The lowest BCUT2D eigenvalue weighted by Gasteiger charge is -2.09. The molecule has 0 saturated heterocycles. The third kappa shape index (κ3) is 1.57. The Morgan fingerprint density at radius 2 is 2.29 bits per heavy atom. The predicted molar refractivity (Wildman–Crippen MR) is 44.9 cm³/mol. The van der Waals surface area contributed by atoms with Crippen LogP contribution in [0.4, 0.5) is 14.6 Å². The van der Waals surface area contributed by atoms with Crippen LogP contribution in [0.2, 0.25) is 0 Å². The largest absolute Gasteiger partial charge is 0.495 e. The molecular formula is C8H7F2N3O. The van der Waals surface area contributed by atoms with Crippen LogP contribution in [0, 0.1) is 11.3 Å². The van der Waals surface area contributed by atoms with Crippen LogP contribution in [0.1, 0.15) is 17.6 Å². The first-order valence-electron chi connectivity index (χ1n) is 3.62. The van der Waals surface area contributed by atoms with Crippen molar-refractivity contribution in [2.75, 3.05) is 12.8 Å². The summed E-state index contributed by atoms with van der Waals surface area (Å²) in [5.41, 5.74) is 4.43. The van der Waals surface area contributed by atoms with Gasteiger partial charge >= 0.3 is 0 Å². The van der Waals surface area contributed by atoms with Crippen molar-refractivity contribution < 1.29 is 13.5 Å². The molecular weight excluding hydrogens is 192 g/mol. The number of hydrogen-bond acceptors (Lipinski definition) is 4. The van der Waals surface area contributed by atoms with Crippen molar-refractivity contribution in [3.63, 3.8) is 0 Å². The molecule has 0 aromatic carbocycles. The quantitative estimate of drug-likeness (QED) is 0.782. The van der Waals surface area contributed by atoms with Crippen LogP contribution < -0.4 is 10.5 Å². The minimum Gasteiger partial charge on any atom is -0.495 e. The van der Waals surface area contributed by atoms with E-state index in [9.17, 15) is 8.78 Å². The molecule has 6 heteroatoms. The molecule has 74 valence electrons. The Balaban J connectivity index is 3.46. The van der Waals surface area contributed by atoms with E-state index >= 15 is 0 Å². The number of nitrogen functional groups attached to an aromatic ring is 1. The number of anilines is 1. The molecule has 0 aliphatic rings. The van der Waals surface area contributed by atoms with Gasteiger partial charge in [0.15, 0.2) is 0 Å². The summed E-state index contributed by atoms with van der Waals surface area (Å²) >= 11 is 0. The Bertz CT molecular complexity index is 387. The Hall–Kier alpha value is -1.90. The Labute approximate surface area is 78.9 Å². The highest BCUT2D eigenvalue weighted by atomic mass is 19.3. The van der Waals surface area contributed by atoms with Crippen LogP contribution in [0.25, 0.3) is 0 Å². The number of methoxy groups -OCH3 is 1. The highest BCUT2D eigenvalue weighted by Gasteiger charge is 2.21. The van der Waals surface area contributed by atoms with Crippen LogP contribution in [-0.2, 0) is 0 Å². The van der Waals surface area contributed by atoms with Crippen molar-refractivity contribution in [2.24, 2.45) is 0 Å². The summed E-state index contributed by atoms with van der Waals surface area (Å²) < 4.78 is 29.7. The lowest BCUT2D eigenvalue weighted by molar-refractivity contribution is 0.146. The molecule has 1 heterocycles. The third-order valence-corrected chi connectivity index (χ3v) is 1.66. The number of pyridine rings is 1. The number of halogens is 2. The summed E-state index contributed by atoms with van der Waals surface area (Å²) in [5, 5.41) is 8.61. The zero-order chi connectivity index (χ0) is 10.7. The Morgan fingerprint density at radius 3 is 2.71 bits per heavy atom. The molecule has 0 amide bonds. The van der Waals surface area contributed by atoms with Crippen molar-refractivity contribution in [1.82, 2.24) is 4.98 Å². The number of ether oxygens (including phenoxy) is 1. The zero-order valence-electron chi connectivity index (χ0n) is 7.29. The molecule has 0 saturated carbocycles. The predicted octanol–water partition coefficient (Wildman–Crippen LogP) is 1.48. The highest BCUT2D eigenvalue weighted by Crippen LogP contribution is 2.33. The summed E-state index contributed by atoms with van der Waals surface area (Å²) in [6.07, 6.45) is -1.75. The van der Waals surface area contributed by atoms with Gasteiger partial charge in [-0.15, -0.1) is 0 Å². The molecule has 14 heavy (non-hydrogen) atoms. The molecule has 0 aliphatic carbocycles. The summed E-state index contributed by atoms with van der Waals surface area (Å²) in [7, 11) is 1.22. The molecule has 1 aromatic heterocycles. The summed E-state index contributed by atoms with van der Waals surface area (Å²) in [4.78, 5) is 3.56. The highest BCUT2D eigenvalue weighted by molar-refractivity contribution is 5.57. The summed E-state index contributed by atoms with van der Waals surface area (Å²) in [5.74, 6) is -0.352. The number of nitrogens with two attached hydrogens (primary N) is 1. The monoisotopic (exact) mass is 199 g/mol. The normalized spacial score (nSPS) is 9.93. The number of aromatic nitrogens is 1. The number of nitriles is 1. The number of hydrogen-bond donors (Lipinski definition) is 1. The van der Waals surface area contributed by atoms with Gasteiger partial charge in [0.1, 0.15) is 23.2 Å².